The van der Waals surface area contributed by atoms with Gasteiger partial charge in [-0.1, -0.05) is 31.2 Å². The van der Waals surface area contributed by atoms with Gasteiger partial charge in [-0.2, -0.15) is 8.42 Å². The normalized spacial score (nSPS) is 13.0. The van der Waals surface area contributed by atoms with Crippen LogP contribution in [0.5, 0.6) is 0 Å². The first-order valence-electron chi connectivity index (χ1n) is 7.77. The van der Waals surface area contributed by atoms with Crippen molar-refractivity contribution in [1.29, 1.82) is 5.39 Å². The molecule has 1 aliphatic carbocycles. The SMILES string of the molecule is CCCNc1cc(S(=O)(=O)O)c([N+]#N)c2c1C(=O)c1ccccc1C2=O. The van der Waals surface area contributed by atoms with Crippen molar-refractivity contribution in [2.75, 3.05) is 11.9 Å². The monoisotopic (exact) mass is 372 g/mol. The summed E-state index contributed by atoms with van der Waals surface area (Å²) < 4.78 is 32.9. The fraction of sp³-hybridized carbons (Fsp3) is 0.176. The molecule has 0 saturated carbocycles. The lowest BCUT2D eigenvalue weighted by molar-refractivity contribution is 0.0980. The molecule has 1 aliphatic rings. The number of ketones is 2. The summed E-state index contributed by atoms with van der Waals surface area (Å²) in [4.78, 5) is 28.0. The van der Waals surface area contributed by atoms with Gasteiger partial charge < -0.3 is 5.32 Å². The number of nitrogens with zero attached hydrogens (tertiary/aromatic N) is 2. The smallest absolute Gasteiger partial charge is 0.384 e. The topological polar surface area (TPSA) is 129 Å². The van der Waals surface area contributed by atoms with Crippen LogP contribution in [0.25, 0.3) is 4.98 Å². The number of carbonyl (C=O) groups is 2. The molecule has 8 nitrogen and oxygen atoms in total. The van der Waals surface area contributed by atoms with Crippen molar-refractivity contribution in [2.45, 2.75) is 18.2 Å². The van der Waals surface area contributed by atoms with Crippen LogP contribution in [0, 0.1) is 5.39 Å². The van der Waals surface area contributed by atoms with Gasteiger partial charge >= 0.3 is 15.8 Å². The molecule has 0 amide bonds. The van der Waals surface area contributed by atoms with Crippen LogP contribution in [0.1, 0.15) is 45.2 Å². The zero-order valence-electron chi connectivity index (χ0n) is 13.7. The minimum Gasteiger partial charge on any atom is -0.384 e. The standard InChI is InChI=1S/C17H13N3O5S/c1-2-7-19-11-8-12(26(23,24)25)15(20-18)14-13(11)16(21)9-5-3-4-6-10(9)17(14)22/h3-6,8H,2,7H2,1H3,(H-,19,21,23,24,25)/p+1. The minimum atomic E-state index is -4.80. The van der Waals surface area contributed by atoms with Crippen LogP contribution in [-0.2, 0) is 10.1 Å². The maximum Gasteiger partial charge on any atom is 0.417 e. The Kier molecular flexibility index (Phi) is 4.31. The second-order valence-electron chi connectivity index (χ2n) is 5.73. The van der Waals surface area contributed by atoms with E-state index >= 15 is 0 Å². The minimum absolute atomic E-state index is 0.0730. The van der Waals surface area contributed by atoms with E-state index < -0.39 is 32.3 Å². The number of anilines is 1. The molecule has 2 N–H and O–H groups in total. The molecular formula is C17H14N3O5S+. The van der Waals surface area contributed by atoms with Gasteiger partial charge in [0.15, 0.2) is 15.7 Å². The van der Waals surface area contributed by atoms with Crippen molar-refractivity contribution < 1.29 is 22.6 Å². The van der Waals surface area contributed by atoms with Gasteiger partial charge in [0, 0.05) is 23.4 Å². The number of benzene rings is 2. The van der Waals surface area contributed by atoms with Crippen LogP contribution in [0.2, 0.25) is 0 Å². The molecule has 0 heterocycles. The molecule has 0 spiro atoms. The summed E-state index contributed by atoms with van der Waals surface area (Å²) >= 11 is 0. The van der Waals surface area contributed by atoms with E-state index in [1.807, 2.05) is 6.92 Å². The Morgan fingerprint density at radius 2 is 1.69 bits per heavy atom. The van der Waals surface area contributed by atoms with Crippen LogP contribution in [0.4, 0.5) is 11.4 Å². The fourth-order valence-corrected chi connectivity index (χ4v) is 3.60. The third kappa shape index (κ3) is 2.65. The van der Waals surface area contributed by atoms with Crippen molar-refractivity contribution in [2.24, 2.45) is 0 Å². The number of fused-ring (bicyclic) bond motifs is 2. The quantitative estimate of drug-likeness (QED) is 0.532. The molecule has 3 rings (SSSR count). The van der Waals surface area contributed by atoms with Crippen LogP contribution in [-0.4, -0.2) is 31.1 Å². The first-order valence-corrected chi connectivity index (χ1v) is 9.21. The molecule has 9 heteroatoms. The van der Waals surface area contributed by atoms with E-state index in [1.54, 1.807) is 12.1 Å². The lowest BCUT2D eigenvalue weighted by Gasteiger charge is -2.20. The third-order valence-corrected chi connectivity index (χ3v) is 4.95. The van der Waals surface area contributed by atoms with Crippen molar-refractivity contribution in [3.63, 3.8) is 0 Å². The Morgan fingerprint density at radius 1 is 1.12 bits per heavy atom. The van der Waals surface area contributed by atoms with Crippen molar-refractivity contribution in [1.82, 2.24) is 0 Å². The molecule has 2 aromatic rings. The molecule has 0 saturated heterocycles. The number of carbonyl (C=O) groups excluding carboxylic acids is 2. The van der Waals surface area contributed by atoms with Gasteiger partial charge in [0.2, 0.25) is 11.2 Å². The van der Waals surface area contributed by atoms with Gasteiger partial charge in [-0.05, 0) is 12.5 Å². The van der Waals surface area contributed by atoms with Crippen LogP contribution >= 0.6 is 0 Å². The molecule has 0 bridgehead atoms. The molecular weight excluding hydrogens is 358 g/mol. The average Bonchev–Trinajstić information content (AvgIpc) is 2.62. The highest BCUT2D eigenvalue weighted by molar-refractivity contribution is 7.86. The van der Waals surface area contributed by atoms with E-state index in [0.29, 0.717) is 13.0 Å². The summed E-state index contributed by atoms with van der Waals surface area (Å²) in [5.41, 5.74) is -0.767. The van der Waals surface area contributed by atoms with E-state index in [-0.39, 0.29) is 27.9 Å². The molecule has 0 aliphatic heterocycles. The number of nitrogens with one attached hydrogen (secondary N) is 1. The Hall–Kier alpha value is -3.09. The van der Waals surface area contributed by atoms with Crippen molar-refractivity contribution in [3.8, 4) is 0 Å². The largest absolute Gasteiger partial charge is 0.417 e. The van der Waals surface area contributed by atoms with E-state index in [2.05, 4.69) is 10.3 Å². The molecule has 2 aromatic carbocycles. The second kappa shape index (κ2) is 6.33. The molecule has 0 atom stereocenters. The number of rotatable bonds is 4. The molecule has 26 heavy (non-hydrogen) atoms. The highest BCUT2D eigenvalue weighted by Gasteiger charge is 2.42. The number of hydrogen-bond acceptors (Lipinski definition) is 6. The lowest BCUT2D eigenvalue weighted by Crippen LogP contribution is -2.24. The van der Waals surface area contributed by atoms with Crippen LogP contribution < -0.4 is 5.32 Å². The lowest BCUT2D eigenvalue weighted by atomic mass is 9.82. The van der Waals surface area contributed by atoms with E-state index in [4.69, 9.17) is 0 Å². The maximum atomic E-state index is 12.9. The van der Waals surface area contributed by atoms with Crippen LogP contribution in [0.15, 0.2) is 35.2 Å². The number of hydrogen-bond donors (Lipinski definition) is 2. The van der Waals surface area contributed by atoms with Gasteiger partial charge in [0.1, 0.15) is 5.56 Å². The molecule has 0 aromatic heterocycles. The highest BCUT2D eigenvalue weighted by Crippen LogP contribution is 2.41. The summed E-state index contributed by atoms with van der Waals surface area (Å²) in [5.74, 6) is -1.16. The van der Waals surface area contributed by atoms with Crippen molar-refractivity contribution >= 4 is 33.1 Å². The van der Waals surface area contributed by atoms with E-state index in [0.717, 1.165) is 6.07 Å². The summed E-state index contributed by atoms with van der Waals surface area (Å²) in [6.45, 7) is 2.26. The highest BCUT2D eigenvalue weighted by atomic mass is 32.2. The third-order valence-electron chi connectivity index (χ3n) is 4.08. The number of diazo groups is 1. The summed E-state index contributed by atoms with van der Waals surface area (Å²) in [6, 6.07) is 7.09. The Balaban J connectivity index is 2.44. The first-order chi connectivity index (χ1) is 12.3. The zero-order valence-corrected chi connectivity index (χ0v) is 14.5. The fourth-order valence-electron chi connectivity index (χ4n) is 2.95. The van der Waals surface area contributed by atoms with Crippen molar-refractivity contribution in [3.05, 3.63) is 57.6 Å². The summed E-state index contributed by atoms with van der Waals surface area (Å²) in [5, 5.41) is 12.2. The van der Waals surface area contributed by atoms with E-state index in [1.165, 1.54) is 12.1 Å². The van der Waals surface area contributed by atoms with E-state index in [9.17, 15) is 28.0 Å². The molecule has 132 valence electrons. The Bertz CT molecular complexity index is 1100. The van der Waals surface area contributed by atoms with Gasteiger partial charge in [0.25, 0.3) is 0 Å². The van der Waals surface area contributed by atoms with Gasteiger partial charge in [-0.25, -0.2) is 0 Å². The predicted molar refractivity (Wildman–Crippen MR) is 93.1 cm³/mol. The van der Waals surface area contributed by atoms with Crippen LogP contribution in [0.3, 0.4) is 0 Å². The summed E-state index contributed by atoms with van der Waals surface area (Å²) in [6.07, 6.45) is 0.667. The Labute approximate surface area is 149 Å². The zero-order chi connectivity index (χ0) is 19.1. The van der Waals surface area contributed by atoms with Gasteiger partial charge in [-0.3, -0.25) is 14.1 Å². The average molecular weight is 372 g/mol. The Morgan fingerprint density at radius 3 is 2.19 bits per heavy atom. The maximum absolute atomic E-state index is 12.9. The predicted octanol–water partition coefficient (Wildman–Crippen LogP) is 3.02. The van der Waals surface area contributed by atoms with Gasteiger partial charge in [-0.15, -0.1) is 0 Å². The second-order valence-corrected chi connectivity index (χ2v) is 7.12. The molecule has 0 fully saturated rings. The molecule has 0 unspecified atom stereocenters. The van der Waals surface area contributed by atoms with Gasteiger partial charge in [0.05, 0.1) is 5.56 Å². The molecule has 0 radical (unpaired) electrons. The first kappa shape index (κ1) is 17.7. The summed E-state index contributed by atoms with van der Waals surface area (Å²) in [7, 11) is -4.80.